The molecule has 0 spiro atoms. The van der Waals surface area contributed by atoms with Crippen LogP contribution < -0.4 is 10.1 Å². The summed E-state index contributed by atoms with van der Waals surface area (Å²) in [6.07, 6.45) is -2.03. The van der Waals surface area contributed by atoms with Gasteiger partial charge in [0.1, 0.15) is 0 Å². The summed E-state index contributed by atoms with van der Waals surface area (Å²) in [6, 6.07) is 13.9. The highest BCUT2D eigenvalue weighted by atomic mass is 35.5. The molecule has 0 fully saturated rings. The summed E-state index contributed by atoms with van der Waals surface area (Å²) in [5.41, 5.74) is 1.10. The van der Waals surface area contributed by atoms with Crippen molar-refractivity contribution in [1.82, 2.24) is 5.32 Å². The van der Waals surface area contributed by atoms with E-state index in [4.69, 9.17) is 39.5 Å². The Morgan fingerprint density at radius 3 is 2.20 bits per heavy atom. The van der Waals surface area contributed by atoms with Gasteiger partial charge < -0.3 is 19.9 Å². The number of esters is 1. The van der Waals surface area contributed by atoms with Crippen molar-refractivity contribution in [2.75, 3.05) is 7.11 Å². The van der Waals surface area contributed by atoms with E-state index in [-0.39, 0.29) is 11.3 Å². The second-order valence-electron chi connectivity index (χ2n) is 7.58. The SMILES string of the molecule is COC(=O)[C@H](NC(=O)c1ccc(OC(c2ccc(Cl)cc2)c2ccc(Cl)cc2Cl)c(F)c1)C(C)O. The molecule has 10 heteroatoms. The second kappa shape index (κ2) is 11.7. The van der Waals surface area contributed by atoms with Crippen molar-refractivity contribution in [2.45, 2.75) is 25.2 Å². The Hall–Kier alpha value is -2.84. The zero-order valence-electron chi connectivity index (χ0n) is 18.6. The number of amides is 1. The standard InChI is InChI=1S/C25H21Cl3FNO5/c1-13(31)22(25(33)34-2)30-24(32)15-5-10-21(20(29)11-15)35-23(14-3-6-16(26)7-4-14)18-9-8-17(27)12-19(18)28/h3-13,22-23,31H,1-2H3,(H,30,32)/t13?,22-,23?/m1/s1. The summed E-state index contributed by atoms with van der Waals surface area (Å²) in [5, 5.41) is 13.3. The first-order valence-corrected chi connectivity index (χ1v) is 11.5. The minimum absolute atomic E-state index is 0.0861. The number of halogens is 4. The van der Waals surface area contributed by atoms with Crippen LogP contribution in [0.4, 0.5) is 4.39 Å². The lowest BCUT2D eigenvalue weighted by atomic mass is 10.0. The Labute approximate surface area is 216 Å². The van der Waals surface area contributed by atoms with Crippen molar-refractivity contribution >= 4 is 46.7 Å². The molecule has 184 valence electrons. The van der Waals surface area contributed by atoms with E-state index in [1.54, 1.807) is 42.5 Å². The average Bonchev–Trinajstić information content (AvgIpc) is 2.82. The minimum Gasteiger partial charge on any atom is -0.478 e. The van der Waals surface area contributed by atoms with Gasteiger partial charge in [-0.2, -0.15) is 0 Å². The van der Waals surface area contributed by atoms with Gasteiger partial charge in [-0.3, -0.25) is 4.79 Å². The van der Waals surface area contributed by atoms with Gasteiger partial charge in [0.2, 0.25) is 0 Å². The predicted octanol–water partition coefficient (Wildman–Crippen LogP) is 5.61. The van der Waals surface area contributed by atoms with Crippen LogP contribution in [0.3, 0.4) is 0 Å². The zero-order chi connectivity index (χ0) is 25.7. The van der Waals surface area contributed by atoms with Crippen molar-refractivity contribution < 1.29 is 28.6 Å². The second-order valence-corrected chi connectivity index (χ2v) is 8.86. The third-order valence-corrected chi connectivity index (χ3v) is 5.90. The van der Waals surface area contributed by atoms with E-state index >= 15 is 4.39 Å². The summed E-state index contributed by atoms with van der Waals surface area (Å²) in [7, 11) is 1.12. The average molecular weight is 541 g/mol. The van der Waals surface area contributed by atoms with Crippen LogP contribution in [0.1, 0.15) is 34.5 Å². The van der Waals surface area contributed by atoms with Gasteiger partial charge in [0.25, 0.3) is 5.91 Å². The van der Waals surface area contributed by atoms with Crippen LogP contribution in [-0.2, 0) is 9.53 Å². The smallest absolute Gasteiger partial charge is 0.331 e. The van der Waals surface area contributed by atoms with Gasteiger partial charge in [-0.15, -0.1) is 0 Å². The summed E-state index contributed by atoms with van der Waals surface area (Å²) in [4.78, 5) is 24.3. The summed E-state index contributed by atoms with van der Waals surface area (Å²) >= 11 is 18.4. The van der Waals surface area contributed by atoms with Gasteiger partial charge >= 0.3 is 5.97 Å². The molecule has 0 aromatic heterocycles. The monoisotopic (exact) mass is 539 g/mol. The van der Waals surface area contributed by atoms with Crippen LogP contribution in [0.15, 0.2) is 60.7 Å². The topological polar surface area (TPSA) is 84.9 Å². The summed E-state index contributed by atoms with van der Waals surface area (Å²) in [6.45, 7) is 1.32. The fourth-order valence-electron chi connectivity index (χ4n) is 3.26. The molecule has 0 aliphatic rings. The van der Waals surface area contributed by atoms with Crippen molar-refractivity contribution in [3.63, 3.8) is 0 Å². The maximum absolute atomic E-state index is 15.0. The van der Waals surface area contributed by atoms with Crippen LogP contribution in [0.25, 0.3) is 0 Å². The first-order chi connectivity index (χ1) is 16.6. The molecule has 3 aromatic rings. The van der Waals surface area contributed by atoms with Crippen LogP contribution >= 0.6 is 34.8 Å². The Bertz CT molecular complexity index is 1220. The van der Waals surface area contributed by atoms with Crippen molar-refractivity contribution in [1.29, 1.82) is 0 Å². The maximum atomic E-state index is 15.0. The molecule has 0 aliphatic carbocycles. The molecular weight excluding hydrogens is 520 g/mol. The fourth-order valence-corrected chi connectivity index (χ4v) is 3.89. The Kier molecular flexibility index (Phi) is 8.97. The lowest BCUT2D eigenvalue weighted by Gasteiger charge is -2.22. The van der Waals surface area contributed by atoms with E-state index in [0.29, 0.717) is 26.2 Å². The number of ether oxygens (including phenoxy) is 2. The van der Waals surface area contributed by atoms with Gasteiger partial charge in [-0.25, -0.2) is 9.18 Å². The predicted molar refractivity (Wildman–Crippen MR) is 132 cm³/mol. The normalized spacial score (nSPS) is 13.5. The van der Waals surface area contributed by atoms with E-state index in [1.165, 1.54) is 19.1 Å². The van der Waals surface area contributed by atoms with Crippen molar-refractivity contribution in [3.8, 4) is 5.75 Å². The van der Waals surface area contributed by atoms with E-state index in [9.17, 15) is 14.7 Å². The number of carbonyl (C=O) groups excluding carboxylic acids is 2. The Balaban J connectivity index is 1.90. The molecule has 3 aromatic carbocycles. The fraction of sp³-hybridized carbons (Fsp3) is 0.200. The minimum atomic E-state index is -1.31. The number of carbonyl (C=O) groups is 2. The number of nitrogens with one attached hydrogen (secondary N) is 1. The number of methoxy groups -OCH3 is 1. The molecule has 0 heterocycles. The number of hydrogen-bond donors (Lipinski definition) is 2. The van der Waals surface area contributed by atoms with E-state index in [0.717, 1.165) is 13.2 Å². The van der Waals surface area contributed by atoms with E-state index < -0.39 is 35.9 Å². The van der Waals surface area contributed by atoms with Crippen LogP contribution in [0.2, 0.25) is 15.1 Å². The Morgan fingerprint density at radius 1 is 0.971 bits per heavy atom. The maximum Gasteiger partial charge on any atom is 0.331 e. The quantitative estimate of drug-likeness (QED) is 0.363. The van der Waals surface area contributed by atoms with E-state index in [1.807, 2.05) is 0 Å². The molecule has 0 aliphatic heterocycles. The zero-order valence-corrected chi connectivity index (χ0v) is 20.9. The van der Waals surface area contributed by atoms with Crippen molar-refractivity contribution in [3.05, 3.63) is 98.2 Å². The summed E-state index contributed by atoms with van der Waals surface area (Å²) < 4.78 is 25.6. The highest BCUT2D eigenvalue weighted by molar-refractivity contribution is 6.35. The summed E-state index contributed by atoms with van der Waals surface area (Å²) in [5.74, 6) is -2.58. The molecule has 0 bridgehead atoms. The largest absolute Gasteiger partial charge is 0.478 e. The van der Waals surface area contributed by atoms with Gasteiger partial charge in [0, 0.05) is 26.2 Å². The third-order valence-electron chi connectivity index (χ3n) is 5.08. The van der Waals surface area contributed by atoms with Gasteiger partial charge in [-0.05, 0) is 55.0 Å². The first-order valence-electron chi connectivity index (χ1n) is 10.3. The molecule has 6 nitrogen and oxygen atoms in total. The molecule has 35 heavy (non-hydrogen) atoms. The van der Waals surface area contributed by atoms with Crippen LogP contribution in [0.5, 0.6) is 5.75 Å². The number of benzene rings is 3. The van der Waals surface area contributed by atoms with Gasteiger partial charge in [0.05, 0.1) is 13.2 Å². The van der Waals surface area contributed by atoms with Crippen LogP contribution in [-0.4, -0.2) is 36.2 Å². The number of aliphatic hydroxyl groups is 1. The molecule has 0 radical (unpaired) electrons. The molecule has 3 rings (SSSR count). The highest BCUT2D eigenvalue weighted by Gasteiger charge is 2.27. The molecule has 2 N–H and O–H groups in total. The van der Waals surface area contributed by atoms with Crippen LogP contribution in [0, 0.1) is 5.82 Å². The van der Waals surface area contributed by atoms with Gasteiger partial charge in [-0.1, -0.05) is 53.0 Å². The molecule has 2 unspecified atom stereocenters. The third kappa shape index (κ3) is 6.64. The number of aliphatic hydroxyl groups excluding tert-OH is 1. The molecule has 0 saturated heterocycles. The molecular formula is C25H21Cl3FNO5. The first kappa shape index (κ1) is 26.8. The lowest BCUT2D eigenvalue weighted by Crippen LogP contribution is -2.48. The van der Waals surface area contributed by atoms with E-state index in [2.05, 4.69) is 10.1 Å². The molecule has 3 atom stereocenters. The molecule has 1 amide bonds. The number of rotatable bonds is 8. The lowest BCUT2D eigenvalue weighted by molar-refractivity contribution is -0.145. The van der Waals surface area contributed by atoms with Gasteiger partial charge in [0.15, 0.2) is 23.7 Å². The Morgan fingerprint density at radius 2 is 1.63 bits per heavy atom. The number of hydrogen-bond acceptors (Lipinski definition) is 5. The highest BCUT2D eigenvalue weighted by Crippen LogP contribution is 2.35. The van der Waals surface area contributed by atoms with Crippen molar-refractivity contribution in [2.24, 2.45) is 0 Å². The molecule has 0 saturated carbocycles.